The van der Waals surface area contributed by atoms with Crippen LogP contribution in [-0.2, 0) is 6.42 Å². The van der Waals surface area contributed by atoms with Crippen molar-refractivity contribution in [2.75, 3.05) is 6.61 Å². The SMILES string of the molecule is CC[C@@H]1COc2cc3c(cc21)CCC(c1cccc(Br)c1)O3. The number of benzene rings is 2. The van der Waals surface area contributed by atoms with E-state index in [2.05, 4.69) is 53.2 Å². The van der Waals surface area contributed by atoms with Gasteiger partial charge in [0.15, 0.2) is 0 Å². The van der Waals surface area contributed by atoms with E-state index in [1.165, 1.54) is 16.7 Å². The predicted molar refractivity (Wildman–Crippen MR) is 90.8 cm³/mol. The monoisotopic (exact) mass is 358 g/mol. The van der Waals surface area contributed by atoms with Crippen molar-refractivity contribution >= 4 is 15.9 Å². The third kappa shape index (κ3) is 2.41. The Morgan fingerprint density at radius 3 is 2.91 bits per heavy atom. The molecule has 22 heavy (non-hydrogen) atoms. The zero-order valence-electron chi connectivity index (χ0n) is 12.6. The Hall–Kier alpha value is -1.48. The summed E-state index contributed by atoms with van der Waals surface area (Å²) in [4.78, 5) is 0. The van der Waals surface area contributed by atoms with Crippen LogP contribution in [0.4, 0.5) is 0 Å². The van der Waals surface area contributed by atoms with Crippen LogP contribution in [0.25, 0.3) is 0 Å². The molecule has 2 aliphatic rings. The van der Waals surface area contributed by atoms with Crippen LogP contribution in [0, 0.1) is 0 Å². The van der Waals surface area contributed by atoms with Gasteiger partial charge in [0.25, 0.3) is 0 Å². The Bertz CT molecular complexity index is 711. The van der Waals surface area contributed by atoms with E-state index in [9.17, 15) is 0 Å². The van der Waals surface area contributed by atoms with Gasteiger partial charge in [0.05, 0.1) is 6.61 Å². The summed E-state index contributed by atoms with van der Waals surface area (Å²) in [6, 6.07) is 12.8. The fourth-order valence-corrected chi connectivity index (χ4v) is 3.85. The minimum absolute atomic E-state index is 0.131. The second-order valence-corrected chi connectivity index (χ2v) is 7.03. The second-order valence-electron chi connectivity index (χ2n) is 6.11. The molecule has 0 N–H and O–H groups in total. The molecule has 2 heterocycles. The van der Waals surface area contributed by atoms with Gasteiger partial charge in [-0.25, -0.2) is 0 Å². The first-order valence-electron chi connectivity index (χ1n) is 7.96. The van der Waals surface area contributed by atoms with Crippen molar-refractivity contribution in [2.24, 2.45) is 0 Å². The van der Waals surface area contributed by atoms with E-state index in [1.807, 2.05) is 6.07 Å². The van der Waals surface area contributed by atoms with E-state index >= 15 is 0 Å². The van der Waals surface area contributed by atoms with Crippen molar-refractivity contribution in [2.45, 2.75) is 38.2 Å². The average molecular weight is 359 g/mol. The van der Waals surface area contributed by atoms with Gasteiger partial charge in [-0.1, -0.05) is 35.0 Å². The Balaban J connectivity index is 1.64. The highest BCUT2D eigenvalue weighted by Gasteiger charge is 2.28. The molecule has 2 aromatic rings. The third-order valence-corrected chi connectivity index (χ3v) is 5.22. The van der Waals surface area contributed by atoms with Gasteiger partial charge in [-0.3, -0.25) is 0 Å². The summed E-state index contributed by atoms with van der Waals surface area (Å²) in [5.41, 5.74) is 3.92. The number of hydrogen-bond donors (Lipinski definition) is 0. The van der Waals surface area contributed by atoms with Gasteiger partial charge in [-0.05, 0) is 48.6 Å². The summed E-state index contributed by atoms with van der Waals surface area (Å²) >= 11 is 3.54. The molecule has 0 bridgehead atoms. The largest absolute Gasteiger partial charge is 0.493 e. The Morgan fingerprint density at radius 1 is 1.18 bits per heavy atom. The highest BCUT2D eigenvalue weighted by Crippen LogP contribution is 2.44. The molecule has 4 rings (SSSR count). The van der Waals surface area contributed by atoms with Gasteiger partial charge in [0, 0.05) is 22.0 Å². The maximum atomic E-state index is 6.27. The molecule has 3 heteroatoms. The topological polar surface area (TPSA) is 18.5 Å². The lowest BCUT2D eigenvalue weighted by molar-refractivity contribution is 0.176. The van der Waals surface area contributed by atoms with Crippen LogP contribution in [0.2, 0.25) is 0 Å². The van der Waals surface area contributed by atoms with Crippen molar-refractivity contribution < 1.29 is 9.47 Å². The lowest BCUT2D eigenvalue weighted by atomic mass is 9.92. The average Bonchev–Trinajstić information content (AvgIpc) is 2.94. The molecule has 2 aliphatic heterocycles. The zero-order valence-corrected chi connectivity index (χ0v) is 14.2. The molecule has 0 fully saturated rings. The summed E-state index contributed by atoms with van der Waals surface area (Å²) in [5.74, 6) is 2.55. The highest BCUT2D eigenvalue weighted by atomic mass is 79.9. The van der Waals surface area contributed by atoms with Crippen molar-refractivity contribution in [3.8, 4) is 11.5 Å². The summed E-state index contributed by atoms with van der Waals surface area (Å²) in [5, 5.41) is 0. The lowest BCUT2D eigenvalue weighted by Crippen LogP contribution is -2.15. The van der Waals surface area contributed by atoms with Crippen LogP contribution < -0.4 is 9.47 Å². The molecule has 2 aromatic carbocycles. The van der Waals surface area contributed by atoms with Crippen molar-refractivity contribution in [1.82, 2.24) is 0 Å². The number of aryl methyl sites for hydroxylation is 1. The highest BCUT2D eigenvalue weighted by molar-refractivity contribution is 9.10. The number of halogens is 1. The Kier molecular flexibility index (Phi) is 3.61. The molecule has 2 atom stereocenters. The van der Waals surface area contributed by atoms with E-state index in [1.54, 1.807) is 0 Å². The molecular formula is C19H19BrO2. The first-order valence-corrected chi connectivity index (χ1v) is 8.75. The first-order chi connectivity index (χ1) is 10.7. The molecule has 0 spiro atoms. The van der Waals surface area contributed by atoms with Gasteiger partial charge in [0.2, 0.25) is 0 Å². The standard InChI is InChI=1S/C19H19BrO2/c1-2-12-11-21-19-10-18-14(9-16(12)19)6-7-17(22-18)13-4-3-5-15(20)8-13/h3-5,8-10,12,17H,2,6-7,11H2,1H3/t12-,17?/m1/s1. The molecule has 0 saturated heterocycles. The molecule has 1 unspecified atom stereocenters. The van der Waals surface area contributed by atoms with Crippen LogP contribution in [0.5, 0.6) is 11.5 Å². The van der Waals surface area contributed by atoms with Crippen molar-refractivity contribution in [1.29, 1.82) is 0 Å². The smallest absolute Gasteiger partial charge is 0.127 e. The van der Waals surface area contributed by atoms with Crippen LogP contribution >= 0.6 is 15.9 Å². The summed E-state index contributed by atoms with van der Waals surface area (Å²) in [6.45, 7) is 3.03. The van der Waals surface area contributed by atoms with E-state index in [0.29, 0.717) is 5.92 Å². The van der Waals surface area contributed by atoms with Crippen LogP contribution in [0.15, 0.2) is 40.9 Å². The van der Waals surface area contributed by atoms with Gasteiger partial charge in [-0.15, -0.1) is 0 Å². The molecule has 0 saturated carbocycles. The quantitative estimate of drug-likeness (QED) is 0.715. The summed E-state index contributed by atoms with van der Waals surface area (Å²) in [7, 11) is 0. The van der Waals surface area contributed by atoms with E-state index in [-0.39, 0.29) is 6.10 Å². The maximum Gasteiger partial charge on any atom is 0.127 e. The molecular weight excluding hydrogens is 340 g/mol. The maximum absolute atomic E-state index is 6.27. The van der Waals surface area contributed by atoms with Gasteiger partial charge in [-0.2, -0.15) is 0 Å². The summed E-state index contributed by atoms with van der Waals surface area (Å²) < 4.78 is 13.2. The fourth-order valence-electron chi connectivity index (χ4n) is 3.43. The Labute approximate surface area is 139 Å². The third-order valence-electron chi connectivity index (χ3n) is 4.73. The van der Waals surface area contributed by atoms with Gasteiger partial charge in [0.1, 0.15) is 17.6 Å². The van der Waals surface area contributed by atoms with Crippen molar-refractivity contribution in [3.05, 3.63) is 57.6 Å². The predicted octanol–water partition coefficient (Wildman–Crippen LogP) is 5.40. The minimum Gasteiger partial charge on any atom is -0.493 e. The van der Waals surface area contributed by atoms with E-state index in [4.69, 9.17) is 9.47 Å². The number of fused-ring (bicyclic) bond motifs is 2. The van der Waals surface area contributed by atoms with E-state index < -0.39 is 0 Å². The number of ether oxygens (including phenoxy) is 2. The van der Waals surface area contributed by atoms with Gasteiger partial charge >= 0.3 is 0 Å². The van der Waals surface area contributed by atoms with E-state index in [0.717, 1.165) is 41.8 Å². The number of hydrogen-bond acceptors (Lipinski definition) is 2. The molecule has 2 nitrogen and oxygen atoms in total. The molecule has 114 valence electrons. The second kappa shape index (κ2) is 5.62. The molecule has 0 amide bonds. The molecule has 0 aromatic heterocycles. The van der Waals surface area contributed by atoms with Crippen LogP contribution in [0.1, 0.15) is 48.5 Å². The first kappa shape index (κ1) is 14.1. The Morgan fingerprint density at radius 2 is 2.09 bits per heavy atom. The number of rotatable bonds is 2. The minimum atomic E-state index is 0.131. The van der Waals surface area contributed by atoms with Crippen LogP contribution in [-0.4, -0.2) is 6.61 Å². The van der Waals surface area contributed by atoms with Crippen LogP contribution in [0.3, 0.4) is 0 Å². The van der Waals surface area contributed by atoms with Crippen molar-refractivity contribution in [3.63, 3.8) is 0 Å². The van der Waals surface area contributed by atoms with Gasteiger partial charge < -0.3 is 9.47 Å². The zero-order chi connectivity index (χ0) is 15.1. The normalized spacial score (nSPS) is 22.5. The fraction of sp³-hybridized carbons (Fsp3) is 0.368. The summed E-state index contributed by atoms with van der Waals surface area (Å²) in [6.07, 6.45) is 3.36. The molecule has 0 radical (unpaired) electrons. The lowest BCUT2D eigenvalue weighted by Gasteiger charge is -2.27. The molecule has 0 aliphatic carbocycles.